The number of halogens is 1. The highest BCUT2D eigenvalue weighted by molar-refractivity contribution is 9.11. The molecule has 0 N–H and O–H groups in total. The summed E-state index contributed by atoms with van der Waals surface area (Å²) >= 11 is 5.33. The molecule has 3 rings (SSSR count). The van der Waals surface area contributed by atoms with Crippen molar-refractivity contribution >= 4 is 33.0 Å². The SMILES string of the molecule is CN1CC(c2cocn2)c2c1csc2Br. The van der Waals surface area contributed by atoms with Crippen molar-refractivity contribution in [2.45, 2.75) is 5.92 Å². The highest BCUT2D eigenvalue weighted by atomic mass is 79.9. The van der Waals surface area contributed by atoms with Crippen molar-refractivity contribution in [2.24, 2.45) is 0 Å². The summed E-state index contributed by atoms with van der Waals surface area (Å²) in [7, 11) is 2.11. The number of hydrogen-bond acceptors (Lipinski definition) is 4. The molecule has 1 unspecified atom stereocenters. The van der Waals surface area contributed by atoms with Gasteiger partial charge in [-0.3, -0.25) is 0 Å². The highest BCUT2D eigenvalue weighted by Gasteiger charge is 2.32. The van der Waals surface area contributed by atoms with Crippen LogP contribution in [0.25, 0.3) is 0 Å². The molecule has 2 aromatic heterocycles. The van der Waals surface area contributed by atoms with Gasteiger partial charge in [0.05, 0.1) is 21.1 Å². The molecule has 0 spiro atoms. The molecule has 3 heterocycles. The first-order valence-corrected chi connectivity index (χ1v) is 6.30. The van der Waals surface area contributed by atoms with Gasteiger partial charge in [-0.1, -0.05) is 0 Å². The van der Waals surface area contributed by atoms with E-state index in [1.807, 2.05) is 0 Å². The molecule has 0 radical (unpaired) electrons. The van der Waals surface area contributed by atoms with E-state index in [1.165, 1.54) is 21.4 Å². The molecule has 15 heavy (non-hydrogen) atoms. The molecule has 0 bridgehead atoms. The fourth-order valence-corrected chi connectivity index (χ4v) is 3.70. The molecule has 5 heteroatoms. The van der Waals surface area contributed by atoms with Crippen molar-refractivity contribution in [1.29, 1.82) is 0 Å². The summed E-state index contributed by atoms with van der Waals surface area (Å²) in [5, 5.41) is 2.18. The van der Waals surface area contributed by atoms with Gasteiger partial charge in [0.15, 0.2) is 6.39 Å². The third-order valence-electron chi connectivity index (χ3n) is 2.79. The fourth-order valence-electron chi connectivity index (χ4n) is 2.05. The first-order chi connectivity index (χ1) is 7.27. The van der Waals surface area contributed by atoms with Gasteiger partial charge in [0.1, 0.15) is 6.26 Å². The van der Waals surface area contributed by atoms with Crippen LogP contribution in [0.4, 0.5) is 5.69 Å². The van der Waals surface area contributed by atoms with E-state index in [4.69, 9.17) is 4.42 Å². The van der Waals surface area contributed by atoms with E-state index in [0.29, 0.717) is 5.92 Å². The molecule has 0 saturated heterocycles. The van der Waals surface area contributed by atoms with E-state index in [-0.39, 0.29) is 0 Å². The molecule has 0 aliphatic carbocycles. The Morgan fingerprint density at radius 2 is 2.53 bits per heavy atom. The smallest absolute Gasteiger partial charge is 0.180 e. The number of anilines is 1. The van der Waals surface area contributed by atoms with E-state index in [2.05, 4.69) is 38.2 Å². The standard InChI is InChI=1S/C10H9BrN2OS/c1-13-2-6(7-3-14-5-12-7)9-8(13)4-15-10(9)11/h3-6H,2H2,1H3. The van der Waals surface area contributed by atoms with Crippen LogP contribution in [0.3, 0.4) is 0 Å². The Balaban J connectivity index is 2.11. The average Bonchev–Trinajstić information content (AvgIpc) is 2.86. The number of oxazole rings is 1. The van der Waals surface area contributed by atoms with Crippen LogP contribution < -0.4 is 4.90 Å². The average molecular weight is 285 g/mol. The van der Waals surface area contributed by atoms with Crippen LogP contribution in [0.1, 0.15) is 17.2 Å². The third-order valence-corrected chi connectivity index (χ3v) is 4.54. The maximum absolute atomic E-state index is 5.05. The predicted molar refractivity (Wildman–Crippen MR) is 63.6 cm³/mol. The molecule has 0 aromatic carbocycles. The van der Waals surface area contributed by atoms with Crippen LogP contribution in [-0.2, 0) is 0 Å². The lowest BCUT2D eigenvalue weighted by Crippen LogP contribution is -2.16. The first-order valence-electron chi connectivity index (χ1n) is 4.63. The van der Waals surface area contributed by atoms with Crippen LogP contribution >= 0.6 is 27.3 Å². The van der Waals surface area contributed by atoms with Crippen molar-refractivity contribution < 1.29 is 4.42 Å². The van der Waals surface area contributed by atoms with Crippen molar-refractivity contribution in [3.63, 3.8) is 0 Å². The molecule has 1 aliphatic heterocycles. The maximum atomic E-state index is 5.05. The Morgan fingerprint density at radius 1 is 1.67 bits per heavy atom. The van der Waals surface area contributed by atoms with E-state index in [1.54, 1.807) is 17.6 Å². The lowest BCUT2D eigenvalue weighted by atomic mass is 10.0. The molecular weight excluding hydrogens is 276 g/mol. The number of thiophene rings is 1. The topological polar surface area (TPSA) is 29.3 Å². The van der Waals surface area contributed by atoms with Gasteiger partial charge < -0.3 is 9.32 Å². The van der Waals surface area contributed by atoms with E-state index >= 15 is 0 Å². The van der Waals surface area contributed by atoms with Crippen molar-refractivity contribution in [3.05, 3.63) is 33.1 Å². The van der Waals surface area contributed by atoms with Crippen LogP contribution in [0, 0.1) is 0 Å². The van der Waals surface area contributed by atoms with Crippen molar-refractivity contribution in [2.75, 3.05) is 18.5 Å². The van der Waals surface area contributed by atoms with Gasteiger partial charge in [-0.2, -0.15) is 0 Å². The molecule has 0 amide bonds. The Morgan fingerprint density at radius 3 is 3.27 bits per heavy atom. The lowest BCUT2D eigenvalue weighted by molar-refractivity contribution is 0.555. The minimum absolute atomic E-state index is 0.337. The summed E-state index contributed by atoms with van der Waals surface area (Å²) in [6.07, 6.45) is 3.23. The van der Waals surface area contributed by atoms with E-state index in [0.717, 1.165) is 12.2 Å². The highest BCUT2D eigenvalue weighted by Crippen LogP contribution is 2.46. The molecule has 1 atom stereocenters. The summed E-state index contributed by atoms with van der Waals surface area (Å²) in [5.41, 5.74) is 3.66. The number of nitrogens with zero attached hydrogens (tertiary/aromatic N) is 2. The maximum Gasteiger partial charge on any atom is 0.180 e. The summed E-state index contributed by atoms with van der Waals surface area (Å²) in [5.74, 6) is 0.337. The molecule has 78 valence electrons. The summed E-state index contributed by atoms with van der Waals surface area (Å²) in [6.45, 7) is 0.976. The zero-order valence-corrected chi connectivity index (χ0v) is 10.5. The Kier molecular flexibility index (Phi) is 2.10. The van der Waals surface area contributed by atoms with Gasteiger partial charge in [-0.25, -0.2) is 4.98 Å². The first kappa shape index (κ1) is 9.42. The van der Waals surface area contributed by atoms with Crippen LogP contribution in [0.15, 0.2) is 26.2 Å². The lowest BCUT2D eigenvalue weighted by Gasteiger charge is -2.11. The van der Waals surface area contributed by atoms with Gasteiger partial charge in [0.25, 0.3) is 0 Å². The van der Waals surface area contributed by atoms with Crippen molar-refractivity contribution in [1.82, 2.24) is 4.98 Å². The Labute approximate surface area is 99.9 Å². The predicted octanol–water partition coefficient (Wildman–Crippen LogP) is 3.08. The van der Waals surface area contributed by atoms with Crippen molar-refractivity contribution in [3.8, 4) is 0 Å². The number of aromatic nitrogens is 1. The minimum atomic E-state index is 0.337. The minimum Gasteiger partial charge on any atom is -0.451 e. The monoisotopic (exact) mass is 284 g/mol. The fraction of sp³-hybridized carbons (Fsp3) is 0.300. The zero-order valence-electron chi connectivity index (χ0n) is 8.11. The van der Waals surface area contributed by atoms with E-state index in [9.17, 15) is 0 Å². The molecule has 3 nitrogen and oxygen atoms in total. The Bertz CT molecular complexity index is 480. The van der Waals surface area contributed by atoms with Gasteiger partial charge in [-0.15, -0.1) is 11.3 Å². The molecule has 0 saturated carbocycles. The van der Waals surface area contributed by atoms with Crippen LogP contribution in [0.2, 0.25) is 0 Å². The normalized spacial score (nSPS) is 19.6. The second kappa shape index (κ2) is 3.35. The van der Waals surface area contributed by atoms with Gasteiger partial charge in [-0.05, 0) is 15.9 Å². The largest absolute Gasteiger partial charge is 0.451 e. The van der Waals surface area contributed by atoms with Crippen LogP contribution in [0.5, 0.6) is 0 Å². The Hall–Kier alpha value is -0.810. The number of rotatable bonds is 1. The van der Waals surface area contributed by atoms with E-state index < -0.39 is 0 Å². The quantitative estimate of drug-likeness (QED) is 0.806. The van der Waals surface area contributed by atoms with Gasteiger partial charge in [0.2, 0.25) is 0 Å². The summed E-state index contributed by atoms with van der Waals surface area (Å²) in [4.78, 5) is 6.50. The second-order valence-corrected chi connectivity index (χ2v) is 5.85. The number of likely N-dealkylation sites (N-methyl/N-ethyl adjacent to an activating group) is 1. The molecular formula is C10H9BrN2OS. The van der Waals surface area contributed by atoms with Gasteiger partial charge >= 0.3 is 0 Å². The molecule has 2 aromatic rings. The zero-order chi connectivity index (χ0) is 10.4. The second-order valence-electron chi connectivity index (χ2n) is 3.65. The molecule has 0 fully saturated rings. The van der Waals surface area contributed by atoms with Gasteiger partial charge in [0, 0.05) is 24.5 Å². The third kappa shape index (κ3) is 1.33. The van der Waals surface area contributed by atoms with Crippen LogP contribution in [-0.4, -0.2) is 18.6 Å². The molecule has 1 aliphatic rings. The number of fused-ring (bicyclic) bond motifs is 1. The number of hydrogen-bond donors (Lipinski definition) is 0. The summed E-state index contributed by atoms with van der Waals surface area (Å²) < 4.78 is 6.26. The summed E-state index contributed by atoms with van der Waals surface area (Å²) in [6, 6.07) is 0.